The SMILES string of the molecule is O=C(O)C1CC(NC(=O)[C@@H]2C[C@]23CCOc2ccccc23)C1. The average molecular weight is 301 g/mol. The zero-order valence-corrected chi connectivity index (χ0v) is 12.2. The molecule has 2 saturated carbocycles. The van der Waals surface area contributed by atoms with E-state index in [1.54, 1.807) is 0 Å². The summed E-state index contributed by atoms with van der Waals surface area (Å²) in [6.45, 7) is 0.658. The molecular weight excluding hydrogens is 282 g/mol. The van der Waals surface area contributed by atoms with Crippen molar-refractivity contribution in [2.75, 3.05) is 6.61 Å². The monoisotopic (exact) mass is 301 g/mol. The third-order valence-electron chi connectivity index (χ3n) is 5.45. The molecule has 2 fully saturated rings. The predicted molar refractivity (Wildman–Crippen MR) is 78.6 cm³/mol. The number of rotatable bonds is 3. The van der Waals surface area contributed by atoms with Gasteiger partial charge in [0.15, 0.2) is 0 Å². The van der Waals surface area contributed by atoms with Gasteiger partial charge in [-0.05, 0) is 31.7 Å². The van der Waals surface area contributed by atoms with Crippen LogP contribution in [0.3, 0.4) is 0 Å². The molecule has 1 aromatic rings. The number of carbonyl (C=O) groups excluding carboxylic acids is 1. The fourth-order valence-electron chi connectivity index (χ4n) is 3.94. The Kier molecular flexibility index (Phi) is 2.93. The molecule has 4 rings (SSSR count). The molecule has 1 amide bonds. The molecule has 0 radical (unpaired) electrons. The van der Waals surface area contributed by atoms with Crippen molar-refractivity contribution in [3.8, 4) is 5.75 Å². The number of benzene rings is 1. The lowest BCUT2D eigenvalue weighted by Gasteiger charge is -2.33. The first-order valence-corrected chi connectivity index (χ1v) is 7.86. The zero-order valence-electron chi connectivity index (χ0n) is 12.2. The smallest absolute Gasteiger partial charge is 0.306 e. The fourth-order valence-corrected chi connectivity index (χ4v) is 3.94. The molecule has 2 aliphatic carbocycles. The minimum absolute atomic E-state index is 0.00132. The lowest BCUT2D eigenvalue weighted by molar-refractivity contribution is -0.146. The second kappa shape index (κ2) is 4.73. The van der Waals surface area contributed by atoms with Crippen LogP contribution in [0.25, 0.3) is 0 Å². The van der Waals surface area contributed by atoms with E-state index in [-0.39, 0.29) is 29.2 Å². The molecule has 2 atom stereocenters. The van der Waals surface area contributed by atoms with E-state index >= 15 is 0 Å². The highest BCUT2D eigenvalue weighted by Crippen LogP contribution is 2.60. The normalized spacial score (nSPS) is 35.0. The lowest BCUT2D eigenvalue weighted by Crippen LogP contribution is -2.47. The fraction of sp³-hybridized carbons (Fsp3) is 0.529. The van der Waals surface area contributed by atoms with Gasteiger partial charge in [0, 0.05) is 22.9 Å². The van der Waals surface area contributed by atoms with E-state index in [2.05, 4.69) is 11.4 Å². The van der Waals surface area contributed by atoms with Crippen LogP contribution in [0.15, 0.2) is 24.3 Å². The summed E-state index contributed by atoms with van der Waals surface area (Å²) in [5.41, 5.74) is 1.09. The van der Waals surface area contributed by atoms with Crippen molar-refractivity contribution in [3.05, 3.63) is 29.8 Å². The topological polar surface area (TPSA) is 75.6 Å². The van der Waals surface area contributed by atoms with Gasteiger partial charge in [-0.2, -0.15) is 0 Å². The van der Waals surface area contributed by atoms with E-state index in [4.69, 9.17) is 9.84 Å². The van der Waals surface area contributed by atoms with Crippen LogP contribution in [0, 0.1) is 11.8 Å². The molecule has 0 unspecified atom stereocenters. The Balaban J connectivity index is 1.42. The first-order valence-electron chi connectivity index (χ1n) is 7.86. The second-order valence-corrected chi connectivity index (χ2v) is 6.72. The number of ether oxygens (including phenoxy) is 1. The van der Waals surface area contributed by atoms with Gasteiger partial charge in [0.25, 0.3) is 0 Å². The van der Waals surface area contributed by atoms with Crippen LogP contribution in [0.1, 0.15) is 31.2 Å². The van der Waals surface area contributed by atoms with E-state index < -0.39 is 5.97 Å². The first-order chi connectivity index (χ1) is 10.6. The van der Waals surface area contributed by atoms with Crippen LogP contribution in [-0.4, -0.2) is 29.6 Å². The van der Waals surface area contributed by atoms with Crippen LogP contribution in [-0.2, 0) is 15.0 Å². The molecule has 5 nitrogen and oxygen atoms in total. The van der Waals surface area contributed by atoms with E-state index in [1.165, 1.54) is 0 Å². The van der Waals surface area contributed by atoms with Gasteiger partial charge in [0.2, 0.25) is 5.91 Å². The van der Waals surface area contributed by atoms with E-state index in [0.29, 0.717) is 19.4 Å². The minimum atomic E-state index is -0.758. The molecule has 3 aliphatic rings. The number of hydrogen-bond donors (Lipinski definition) is 2. The van der Waals surface area contributed by atoms with Crippen LogP contribution >= 0.6 is 0 Å². The summed E-state index contributed by atoms with van der Waals surface area (Å²) in [4.78, 5) is 23.3. The summed E-state index contributed by atoms with van der Waals surface area (Å²) in [6, 6.07) is 8.00. The Bertz CT molecular complexity index is 637. The molecule has 1 heterocycles. The van der Waals surface area contributed by atoms with Gasteiger partial charge in [0.05, 0.1) is 12.5 Å². The highest BCUT2D eigenvalue weighted by atomic mass is 16.5. The maximum atomic E-state index is 12.5. The Hall–Kier alpha value is -2.04. The Labute approximate surface area is 128 Å². The van der Waals surface area contributed by atoms with Crippen LogP contribution in [0.5, 0.6) is 5.75 Å². The third kappa shape index (κ3) is 1.99. The number of amides is 1. The molecule has 0 bridgehead atoms. The summed E-state index contributed by atoms with van der Waals surface area (Å²) in [7, 11) is 0. The summed E-state index contributed by atoms with van der Waals surface area (Å²) < 4.78 is 5.68. The van der Waals surface area contributed by atoms with Gasteiger partial charge in [-0.15, -0.1) is 0 Å². The number of fused-ring (bicyclic) bond motifs is 2. The van der Waals surface area contributed by atoms with Crippen LogP contribution in [0.4, 0.5) is 0 Å². The maximum Gasteiger partial charge on any atom is 0.306 e. The summed E-state index contributed by atoms with van der Waals surface area (Å²) in [5.74, 6) is -0.0698. The molecule has 1 aliphatic heterocycles. The second-order valence-electron chi connectivity index (χ2n) is 6.72. The molecule has 1 aromatic carbocycles. The Morgan fingerprint density at radius 2 is 2.05 bits per heavy atom. The number of aliphatic carboxylic acids is 1. The van der Waals surface area contributed by atoms with Gasteiger partial charge in [-0.3, -0.25) is 9.59 Å². The molecule has 22 heavy (non-hydrogen) atoms. The van der Waals surface area contributed by atoms with Gasteiger partial charge < -0.3 is 15.2 Å². The molecule has 116 valence electrons. The maximum absolute atomic E-state index is 12.5. The summed E-state index contributed by atoms with van der Waals surface area (Å²) >= 11 is 0. The van der Waals surface area contributed by atoms with Gasteiger partial charge in [-0.1, -0.05) is 18.2 Å². The van der Waals surface area contributed by atoms with Crippen molar-refractivity contribution in [1.82, 2.24) is 5.32 Å². The molecule has 0 aromatic heterocycles. The number of nitrogens with one attached hydrogen (secondary N) is 1. The predicted octanol–water partition coefficient (Wildman–Crippen LogP) is 1.71. The van der Waals surface area contributed by atoms with E-state index in [0.717, 1.165) is 24.2 Å². The Morgan fingerprint density at radius 1 is 1.27 bits per heavy atom. The highest BCUT2D eigenvalue weighted by Gasteiger charge is 2.61. The molecule has 0 saturated heterocycles. The number of carboxylic acid groups (broad SMARTS) is 1. The van der Waals surface area contributed by atoms with Crippen LogP contribution in [0.2, 0.25) is 0 Å². The largest absolute Gasteiger partial charge is 0.493 e. The standard InChI is InChI=1S/C17H19NO4/c19-15(18-11-7-10(8-11)16(20)21)13-9-17(13)5-6-22-14-4-2-1-3-12(14)17/h1-4,10-11,13H,5-9H2,(H,18,19)(H,20,21)/t10?,11?,13-,17-/m0/s1. The summed E-state index contributed by atoms with van der Waals surface area (Å²) in [6.07, 6.45) is 2.86. The minimum Gasteiger partial charge on any atom is -0.493 e. The van der Waals surface area contributed by atoms with Crippen molar-refractivity contribution in [1.29, 1.82) is 0 Å². The van der Waals surface area contributed by atoms with Gasteiger partial charge >= 0.3 is 5.97 Å². The third-order valence-corrected chi connectivity index (χ3v) is 5.45. The molecular formula is C17H19NO4. The molecule has 1 spiro atoms. The number of carbonyl (C=O) groups is 2. The van der Waals surface area contributed by atoms with Crippen molar-refractivity contribution >= 4 is 11.9 Å². The average Bonchev–Trinajstić information content (AvgIpc) is 3.17. The zero-order chi connectivity index (χ0) is 15.3. The first kappa shape index (κ1) is 13.6. The quantitative estimate of drug-likeness (QED) is 0.891. The van der Waals surface area contributed by atoms with Gasteiger partial charge in [-0.25, -0.2) is 0 Å². The van der Waals surface area contributed by atoms with E-state index in [9.17, 15) is 9.59 Å². The number of hydrogen-bond acceptors (Lipinski definition) is 3. The highest BCUT2D eigenvalue weighted by molar-refractivity contribution is 5.85. The van der Waals surface area contributed by atoms with Crippen molar-refractivity contribution in [2.45, 2.75) is 37.1 Å². The number of carboxylic acids is 1. The molecule has 2 N–H and O–H groups in total. The van der Waals surface area contributed by atoms with Crippen molar-refractivity contribution in [2.24, 2.45) is 11.8 Å². The number of para-hydroxylation sites is 1. The molecule has 5 heteroatoms. The van der Waals surface area contributed by atoms with Crippen molar-refractivity contribution < 1.29 is 19.4 Å². The lowest BCUT2D eigenvalue weighted by atomic mass is 9.80. The Morgan fingerprint density at radius 3 is 2.82 bits per heavy atom. The summed E-state index contributed by atoms with van der Waals surface area (Å²) in [5, 5.41) is 11.9. The van der Waals surface area contributed by atoms with E-state index in [1.807, 2.05) is 18.2 Å². The van der Waals surface area contributed by atoms with Crippen LogP contribution < -0.4 is 10.1 Å². The van der Waals surface area contributed by atoms with Crippen molar-refractivity contribution in [3.63, 3.8) is 0 Å². The van der Waals surface area contributed by atoms with Gasteiger partial charge in [0.1, 0.15) is 5.75 Å².